The summed E-state index contributed by atoms with van der Waals surface area (Å²) in [6.45, 7) is 2.33. The second-order valence-corrected chi connectivity index (χ2v) is 2.42. The number of nitrogens with one attached hydrogen (secondary N) is 1. The molecule has 1 amide bonds. The van der Waals surface area contributed by atoms with Crippen molar-refractivity contribution in [2.45, 2.75) is 25.8 Å². The Morgan fingerprint density at radius 2 is 2.08 bits per heavy atom. The van der Waals surface area contributed by atoms with Crippen LogP contribution in [0.3, 0.4) is 0 Å². The number of aliphatic carboxylic acids is 1. The lowest BCUT2D eigenvalue weighted by Crippen LogP contribution is -2.42. The first-order valence-electron chi connectivity index (χ1n) is 3.81. The van der Waals surface area contributed by atoms with Crippen LogP contribution in [-0.4, -0.2) is 24.5 Å². The van der Waals surface area contributed by atoms with Crippen LogP contribution in [0.2, 0.25) is 0 Å². The fourth-order valence-corrected chi connectivity index (χ4v) is 0.690. The average molecular weight is 191 g/mol. The van der Waals surface area contributed by atoms with E-state index in [1.807, 2.05) is 0 Å². The Kier molecular flexibility index (Phi) is 8.31. The molecular formula is C7H17N3O3. The van der Waals surface area contributed by atoms with Crippen LogP contribution in [0.25, 0.3) is 0 Å². The first-order chi connectivity index (χ1) is 5.57. The lowest BCUT2D eigenvalue weighted by molar-refractivity contribution is -0.307. The smallest absolute Gasteiger partial charge is 0.220 e. The van der Waals surface area contributed by atoms with Crippen molar-refractivity contribution in [2.75, 3.05) is 6.54 Å². The van der Waals surface area contributed by atoms with Gasteiger partial charge in [0.25, 0.3) is 0 Å². The third kappa shape index (κ3) is 7.23. The fourth-order valence-electron chi connectivity index (χ4n) is 0.690. The maximum atomic E-state index is 10.8. The number of amides is 1. The number of quaternary nitrogens is 1. The molecule has 0 saturated carbocycles. The van der Waals surface area contributed by atoms with E-state index >= 15 is 0 Å². The topological polar surface area (TPSA) is 132 Å². The van der Waals surface area contributed by atoms with Gasteiger partial charge in [-0.3, -0.25) is 4.79 Å². The highest BCUT2D eigenvalue weighted by atomic mass is 16.4. The minimum absolute atomic E-state index is 0. The number of carboxylic acids is 1. The molecule has 0 radical (unpaired) electrons. The van der Waals surface area contributed by atoms with Crippen molar-refractivity contribution in [2.24, 2.45) is 5.73 Å². The molecule has 0 saturated heterocycles. The number of carbonyl (C=O) groups excluding carboxylic acids is 2. The van der Waals surface area contributed by atoms with Gasteiger partial charge in [-0.15, -0.1) is 0 Å². The minimum atomic E-state index is -1.32. The Balaban J connectivity index is 0. The summed E-state index contributed by atoms with van der Waals surface area (Å²) in [5, 5.41) is 12.6. The minimum Gasteiger partial charge on any atom is -0.548 e. The van der Waals surface area contributed by atoms with Crippen molar-refractivity contribution >= 4 is 11.9 Å². The molecule has 1 atom stereocenters. The van der Waals surface area contributed by atoms with Gasteiger partial charge in [-0.1, -0.05) is 0 Å². The number of carbonyl (C=O) groups is 2. The summed E-state index contributed by atoms with van der Waals surface area (Å²) in [5.41, 5.74) is 5.12. The molecule has 6 nitrogen and oxygen atoms in total. The van der Waals surface area contributed by atoms with Crippen LogP contribution in [0, 0.1) is 0 Å². The molecule has 0 bridgehead atoms. The molecule has 0 aromatic carbocycles. The molecule has 78 valence electrons. The van der Waals surface area contributed by atoms with E-state index < -0.39 is 12.0 Å². The SMILES string of the molecule is CCNC(=O)CC[C@H](N)C(=O)[O-].[NH4+]. The van der Waals surface area contributed by atoms with E-state index in [1.165, 1.54) is 0 Å². The van der Waals surface area contributed by atoms with Crippen molar-refractivity contribution in [3.8, 4) is 0 Å². The van der Waals surface area contributed by atoms with Gasteiger partial charge < -0.3 is 27.1 Å². The zero-order valence-electron chi connectivity index (χ0n) is 8.00. The monoisotopic (exact) mass is 191 g/mol. The zero-order valence-corrected chi connectivity index (χ0v) is 8.00. The van der Waals surface area contributed by atoms with E-state index in [0.29, 0.717) is 6.54 Å². The van der Waals surface area contributed by atoms with Crippen molar-refractivity contribution in [3.63, 3.8) is 0 Å². The van der Waals surface area contributed by atoms with Crippen LogP contribution in [0.5, 0.6) is 0 Å². The summed E-state index contributed by atoms with van der Waals surface area (Å²) in [6, 6.07) is -1.05. The number of hydrogen-bond acceptors (Lipinski definition) is 4. The van der Waals surface area contributed by atoms with Gasteiger partial charge in [0.1, 0.15) is 0 Å². The molecule has 0 aromatic heterocycles. The van der Waals surface area contributed by atoms with Crippen molar-refractivity contribution < 1.29 is 14.7 Å². The molecule has 0 spiro atoms. The van der Waals surface area contributed by atoms with E-state index in [-0.39, 0.29) is 24.9 Å². The summed E-state index contributed by atoms with van der Waals surface area (Å²) < 4.78 is 0. The average Bonchev–Trinajstić information content (AvgIpc) is 2.00. The van der Waals surface area contributed by atoms with Gasteiger partial charge >= 0.3 is 0 Å². The van der Waals surface area contributed by atoms with E-state index in [0.717, 1.165) is 0 Å². The first kappa shape index (κ1) is 14.4. The Bertz CT molecular complexity index is 172. The van der Waals surface area contributed by atoms with Crippen molar-refractivity contribution in [3.05, 3.63) is 0 Å². The normalized spacial score (nSPS) is 11.2. The quantitative estimate of drug-likeness (QED) is 0.480. The van der Waals surface area contributed by atoms with Gasteiger partial charge in [0.15, 0.2) is 0 Å². The Labute approximate surface area is 77.1 Å². The van der Waals surface area contributed by atoms with Gasteiger partial charge in [-0.25, -0.2) is 0 Å². The third-order valence-electron chi connectivity index (χ3n) is 1.36. The van der Waals surface area contributed by atoms with Crippen molar-refractivity contribution in [1.29, 1.82) is 0 Å². The van der Waals surface area contributed by atoms with Gasteiger partial charge in [-0.2, -0.15) is 0 Å². The van der Waals surface area contributed by atoms with Crippen LogP contribution in [-0.2, 0) is 9.59 Å². The van der Waals surface area contributed by atoms with Crippen molar-refractivity contribution in [1.82, 2.24) is 11.5 Å². The summed E-state index contributed by atoms with van der Waals surface area (Å²) in [7, 11) is 0. The molecule has 7 N–H and O–H groups in total. The molecule has 6 heteroatoms. The number of carboxylic acid groups (broad SMARTS) is 1. The first-order valence-corrected chi connectivity index (χ1v) is 3.81. The van der Waals surface area contributed by atoms with Crippen LogP contribution in [0.1, 0.15) is 19.8 Å². The van der Waals surface area contributed by atoms with Crippen LogP contribution < -0.4 is 22.3 Å². The fraction of sp³-hybridized carbons (Fsp3) is 0.714. The second kappa shape index (κ2) is 7.51. The Morgan fingerprint density at radius 1 is 1.54 bits per heavy atom. The summed E-state index contributed by atoms with van der Waals surface area (Å²) >= 11 is 0. The highest BCUT2D eigenvalue weighted by Crippen LogP contribution is 1.92. The highest BCUT2D eigenvalue weighted by Gasteiger charge is 2.06. The lowest BCUT2D eigenvalue weighted by atomic mass is 10.1. The van der Waals surface area contributed by atoms with Gasteiger partial charge in [0.05, 0.1) is 5.97 Å². The van der Waals surface area contributed by atoms with Crippen LogP contribution >= 0.6 is 0 Å². The molecule has 0 rings (SSSR count). The molecule has 0 aliphatic rings. The molecule has 0 heterocycles. The molecular weight excluding hydrogens is 174 g/mol. The summed E-state index contributed by atoms with van der Waals surface area (Å²) in [4.78, 5) is 20.9. The molecule has 0 aromatic rings. The highest BCUT2D eigenvalue weighted by molar-refractivity contribution is 5.77. The molecule has 0 fully saturated rings. The summed E-state index contributed by atoms with van der Waals surface area (Å²) in [6.07, 6.45) is 0.247. The van der Waals surface area contributed by atoms with E-state index in [9.17, 15) is 14.7 Å². The van der Waals surface area contributed by atoms with Gasteiger partial charge in [0.2, 0.25) is 5.91 Å². The number of nitrogens with two attached hydrogens (primary N) is 1. The van der Waals surface area contributed by atoms with Gasteiger partial charge in [-0.05, 0) is 13.3 Å². The second-order valence-electron chi connectivity index (χ2n) is 2.42. The van der Waals surface area contributed by atoms with Crippen LogP contribution in [0.4, 0.5) is 0 Å². The van der Waals surface area contributed by atoms with E-state index in [4.69, 9.17) is 5.73 Å². The Morgan fingerprint density at radius 3 is 2.46 bits per heavy atom. The third-order valence-corrected chi connectivity index (χ3v) is 1.36. The molecule has 0 aliphatic carbocycles. The Hall–Kier alpha value is -1.14. The maximum Gasteiger partial charge on any atom is 0.220 e. The lowest BCUT2D eigenvalue weighted by Gasteiger charge is -2.11. The molecule has 13 heavy (non-hydrogen) atoms. The summed E-state index contributed by atoms with van der Waals surface area (Å²) in [5.74, 6) is -1.51. The number of rotatable bonds is 5. The zero-order chi connectivity index (χ0) is 9.56. The molecule has 0 unspecified atom stereocenters. The predicted molar refractivity (Wildman–Crippen MR) is 46.9 cm³/mol. The molecule has 0 aliphatic heterocycles. The standard InChI is InChI=1S/C7H14N2O3.H3N/c1-2-9-6(10)4-3-5(8)7(11)12;/h5H,2-4,8H2,1H3,(H,9,10)(H,11,12);1H3/t5-;/m0./s1. The van der Waals surface area contributed by atoms with E-state index in [2.05, 4.69) is 5.32 Å². The maximum absolute atomic E-state index is 10.8. The predicted octanol–water partition coefficient (Wildman–Crippen LogP) is -1.64. The van der Waals surface area contributed by atoms with Gasteiger partial charge in [0, 0.05) is 19.0 Å². The largest absolute Gasteiger partial charge is 0.548 e. The van der Waals surface area contributed by atoms with E-state index in [1.54, 1.807) is 6.92 Å². The van der Waals surface area contributed by atoms with Crippen LogP contribution in [0.15, 0.2) is 0 Å². The number of hydrogen-bond donors (Lipinski definition) is 3.